The van der Waals surface area contributed by atoms with E-state index in [0.717, 1.165) is 4.31 Å². The second-order valence-electron chi connectivity index (χ2n) is 7.76. The predicted molar refractivity (Wildman–Crippen MR) is 139 cm³/mol. The molecule has 1 aromatic heterocycles. The van der Waals surface area contributed by atoms with E-state index in [1.54, 1.807) is 85.4 Å². The average Bonchev–Trinajstić information content (AvgIpc) is 3.07. The molecular formula is C25H23BrN4O4S. The van der Waals surface area contributed by atoms with Crippen LogP contribution in [0.2, 0.25) is 0 Å². The van der Waals surface area contributed by atoms with Gasteiger partial charge in [-0.15, -0.1) is 0 Å². The quantitative estimate of drug-likeness (QED) is 0.372. The lowest BCUT2D eigenvalue weighted by Gasteiger charge is -2.23. The van der Waals surface area contributed by atoms with Crippen molar-refractivity contribution >= 4 is 43.2 Å². The van der Waals surface area contributed by atoms with E-state index in [4.69, 9.17) is 0 Å². The fourth-order valence-corrected chi connectivity index (χ4v) is 5.61. The molecule has 0 aliphatic rings. The Bertz CT molecular complexity index is 1530. The summed E-state index contributed by atoms with van der Waals surface area (Å²) in [5.74, 6) is -0.592. The standard InChI is InChI=1S/C25H23BrN4O4S/c1-18-24(25(32)30(28(18)2)19-11-5-3-6-12-19)29(35(33,34)20-13-7-4-8-14-20)17-23(31)27-22-16-10-9-15-21(22)26/h3-16H,17H2,1-2H3,(H,27,31). The van der Waals surface area contributed by atoms with E-state index in [2.05, 4.69) is 21.2 Å². The number of carbonyl (C=O) groups is 1. The highest BCUT2D eigenvalue weighted by molar-refractivity contribution is 9.10. The number of hydrogen-bond donors (Lipinski definition) is 1. The third-order valence-corrected chi connectivity index (χ3v) is 7.99. The van der Waals surface area contributed by atoms with Crippen LogP contribution in [0.5, 0.6) is 0 Å². The molecule has 8 nitrogen and oxygen atoms in total. The van der Waals surface area contributed by atoms with Crippen molar-refractivity contribution in [3.8, 4) is 5.69 Å². The Morgan fingerprint density at radius 2 is 1.51 bits per heavy atom. The molecule has 180 valence electrons. The molecule has 0 saturated carbocycles. The van der Waals surface area contributed by atoms with Crippen molar-refractivity contribution in [2.24, 2.45) is 7.05 Å². The van der Waals surface area contributed by atoms with Gasteiger partial charge in [0, 0.05) is 11.5 Å². The predicted octanol–water partition coefficient (Wildman–Crippen LogP) is 4.08. The van der Waals surface area contributed by atoms with Gasteiger partial charge in [0.15, 0.2) is 0 Å². The zero-order chi connectivity index (χ0) is 25.2. The highest BCUT2D eigenvalue weighted by Gasteiger charge is 2.33. The summed E-state index contributed by atoms with van der Waals surface area (Å²) in [7, 11) is -2.58. The zero-order valence-electron chi connectivity index (χ0n) is 19.1. The highest BCUT2D eigenvalue weighted by atomic mass is 79.9. The summed E-state index contributed by atoms with van der Waals surface area (Å²) in [5.41, 5.74) is 0.809. The number of sulfonamides is 1. The molecule has 4 aromatic rings. The topological polar surface area (TPSA) is 93.4 Å². The van der Waals surface area contributed by atoms with Crippen LogP contribution in [0.1, 0.15) is 5.69 Å². The van der Waals surface area contributed by atoms with E-state index < -0.39 is 28.0 Å². The number of halogens is 1. The van der Waals surface area contributed by atoms with Crippen LogP contribution in [0.4, 0.5) is 11.4 Å². The first-order chi connectivity index (χ1) is 16.7. The second-order valence-corrected chi connectivity index (χ2v) is 10.5. The number of anilines is 2. The molecule has 0 bridgehead atoms. The lowest BCUT2D eigenvalue weighted by atomic mass is 10.3. The number of rotatable bonds is 7. The summed E-state index contributed by atoms with van der Waals surface area (Å²) in [5, 5.41) is 2.72. The number of nitrogens with one attached hydrogen (secondary N) is 1. The van der Waals surface area contributed by atoms with Gasteiger partial charge in [0.25, 0.3) is 15.6 Å². The Balaban J connectivity index is 1.84. The minimum absolute atomic E-state index is 0.0254. The minimum atomic E-state index is -4.25. The number of aromatic nitrogens is 2. The summed E-state index contributed by atoms with van der Waals surface area (Å²) in [6.07, 6.45) is 0. The van der Waals surface area contributed by atoms with E-state index in [9.17, 15) is 18.0 Å². The lowest BCUT2D eigenvalue weighted by molar-refractivity contribution is -0.114. The fraction of sp³-hybridized carbons (Fsp3) is 0.120. The van der Waals surface area contributed by atoms with Gasteiger partial charge in [-0.3, -0.25) is 14.3 Å². The third-order valence-electron chi connectivity index (χ3n) is 5.54. The first-order valence-corrected chi connectivity index (χ1v) is 12.9. The van der Waals surface area contributed by atoms with Crippen molar-refractivity contribution in [1.29, 1.82) is 0 Å². The molecule has 10 heteroatoms. The number of benzene rings is 3. The van der Waals surface area contributed by atoms with Crippen LogP contribution in [0.3, 0.4) is 0 Å². The average molecular weight is 555 g/mol. The van der Waals surface area contributed by atoms with Crippen LogP contribution in [0.25, 0.3) is 5.69 Å². The summed E-state index contributed by atoms with van der Waals surface area (Å²) in [6.45, 7) is 1.06. The van der Waals surface area contributed by atoms with Crippen molar-refractivity contribution < 1.29 is 13.2 Å². The molecule has 0 unspecified atom stereocenters. The van der Waals surface area contributed by atoms with Gasteiger partial charge in [-0.25, -0.2) is 17.4 Å². The van der Waals surface area contributed by atoms with Crippen LogP contribution >= 0.6 is 15.9 Å². The van der Waals surface area contributed by atoms with Gasteiger partial charge in [-0.2, -0.15) is 0 Å². The molecule has 0 radical (unpaired) electrons. The molecule has 4 rings (SSSR count). The largest absolute Gasteiger partial charge is 0.323 e. The van der Waals surface area contributed by atoms with Gasteiger partial charge < -0.3 is 5.32 Å². The van der Waals surface area contributed by atoms with Gasteiger partial charge in [0.2, 0.25) is 5.91 Å². The van der Waals surface area contributed by atoms with Crippen LogP contribution in [-0.4, -0.2) is 30.2 Å². The molecule has 1 N–H and O–H groups in total. The molecule has 0 saturated heterocycles. The molecule has 0 atom stereocenters. The van der Waals surface area contributed by atoms with E-state index in [1.807, 2.05) is 6.07 Å². The fourth-order valence-electron chi connectivity index (χ4n) is 3.73. The smallest absolute Gasteiger partial charge is 0.296 e. The first kappa shape index (κ1) is 24.5. The SMILES string of the molecule is Cc1c(N(CC(=O)Nc2ccccc2Br)S(=O)(=O)c2ccccc2)c(=O)n(-c2ccccc2)n1C. The van der Waals surface area contributed by atoms with Crippen molar-refractivity contribution in [1.82, 2.24) is 9.36 Å². The van der Waals surface area contributed by atoms with Gasteiger partial charge >= 0.3 is 0 Å². The molecule has 0 fully saturated rings. The van der Waals surface area contributed by atoms with Crippen molar-refractivity contribution in [3.05, 3.63) is 105 Å². The van der Waals surface area contributed by atoms with E-state index >= 15 is 0 Å². The Labute approximate surface area is 211 Å². The molecule has 1 heterocycles. The van der Waals surface area contributed by atoms with E-state index in [-0.39, 0.29) is 10.6 Å². The van der Waals surface area contributed by atoms with Gasteiger partial charge in [-0.05, 0) is 59.3 Å². The Hall–Kier alpha value is -3.63. The Morgan fingerprint density at radius 1 is 0.943 bits per heavy atom. The van der Waals surface area contributed by atoms with Gasteiger partial charge in [0.05, 0.1) is 22.0 Å². The maximum absolute atomic E-state index is 13.7. The van der Waals surface area contributed by atoms with Crippen LogP contribution in [0.15, 0.2) is 99.1 Å². The lowest BCUT2D eigenvalue weighted by Crippen LogP contribution is -2.41. The second kappa shape index (κ2) is 9.93. The highest BCUT2D eigenvalue weighted by Crippen LogP contribution is 2.26. The molecule has 0 spiro atoms. The number of carbonyl (C=O) groups excluding carboxylic acids is 1. The Kier molecular flexibility index (Phi) is 6.95. The molecule has 35 heavy (non-hydrogen) atoms. The van der Waals surface area contributed by atoms with Crippen LogP contribution in [-0.2, 0) is 21.9 Å². The summed E-state index contributed by atoms with van der Waals surface area (Å²) >= 11 is 3.37. The maximum atomic E-state index is 13.7. The minimum Gasteiger partial charge on any atom is -0.323 e. The monoisotopic (exact) mass is 554 g/mol. The number of amides is 1. The summed E-state index contributed by atoms with van der Waals surface area (Å²) < 4.78 is 31.9. The number of hydrogen-bond acceptors (Lipinski definition) is 4. The van der Waals surface area contributed by atoms with E-state index in [0.29, 0.717) is 21.5 Å². The van der Waals surface area contributed by atoms with E-state index in [1.165, 1.54) is 16.8 Å². The molecule has 0 aliphatic carbocycles. The van der Waals surface area contributed by atoms with Crippen molar-refractivity contribution in [2.75, 3.05) is 16.2 Å². The molecule has 3 aromatic carbocycles. The zero-order valence-corrected chi connectivity index (χ0v) is 21.5. The molecule has 1 amide bonds. The number of para-hydroxylation sites is 2. The van der Waals surface area contributed by atoms with Crippen LogP contribution in [0, 0.1) is 6.92 Å². The first-order valence-electron chi connectivity index (χ1n) is 10.7. The van der Waals surface area contributed by atoms with Gasteiger partial charge in [-0.1, -0.05) is 48.5 Å². The van der Waals surface area contributed by atoms with Crippen molar-refractivity contribution in [2.45, 2.75) is 11.8 Å². The van der Waals surface area contributed by atoms with Crippen LogP contribution < -0.4 is 15.2 Å². The van der Waals surface area contributed by atoms with Gasteiger partial charge in [0.1, 0.15) is 12.2 Å². The third kappa shape index (κ3) is 4.80. The normalized spacial score (nSPS) is 11.3. The number of nitrogens with zero attached hydrogens (tertiary/aromatic N) is 3. The molecule has 0 aliphatic heterocycles. The molecular weight excluding hydrogens is 532 g/mol. The summed E-state index contributed by atoms with van der Waals surface area (Å²) in [6, 6.07) is 23.6. The summed E-state index contributed by atoms with van der Waals surface area (Å²) in [4.78, 5) is 26.7. The maximum Gasteiger partial charge on any atom is 0.296 e. The Morgan fingerprint density at radius 3 is 2.14 bits per heavy atom. The van der Waals surface area contributed by atoms with Crippen molar-refractivity contribution in [3.63, 3.8) is 0 Å².